The van der Waals surface area contributed by atoms with Gasteiger partial charge in [0, 0.05) is 12.6 Å². The molecular formula is C25H29NO5. The second-order valence-electron chi connectivity index (χ2n) is 7.88. The number of ketones is 1. The smallest absolute Gasteiger partial charge is 0.295 e. The summed E-state index contributed by atoms with van der Waals surface area (Å²) < 4.78 is 10.6. The van der Waals surface area contributed by atoms with Crippen LogP contribution in [0.1, 0.15) is 55.8 Å². The molecule has 1 fully saturated rings. The average molecular weight is 424 g/mol. The highest BCUT2D eigenvalue weighted by atomic mass is 16.5. The Morgan fingerprint density at radius 3 is 2.29 bits per heavy atom. The molecule has 0 aromatic heterocycles. The maximum absolute atomic E-state index is 13.0. The van der Waals surface area contributed by atoms with Crippen LogP contribution in [0.3, 0.4) is 0 Å². The SMILES string of the molecule is CCCN1C(=O)C(=O)/C(=C(\O)c2ccc(OC)cc2OC)C1c1ccc(C(C)C)cc1. The number of aliphatic hydroxyl groups excluding tert-OH is 1. The average Bonchev–Trinajstić information content (AvgIpc) is 3.03. The second-order valence-corrected chi connectivity index (χ2v) is 7.88. The number of benzene rings is 2. The summed E-state index contributed by atoms with van der Waals surface area (Å²) >= 11 is 0. The predicted molar refractivity (Wildman–Crippen MR) is 119 cm³/mol. The van der Waals surface area contributed by atoms with Gasteiger partial charge in [-0.05, 0) is 35.6 Å². The number of aliphatic hydroxyl groups is 1. The Kier molecular flexibility index (Phi) is 6.68. The van der Waals surface area contributed by atoms with Crippen molar-refractivity contribution in [3.8, 4) is 11.5 Å². The van der Waals surface area contributed by atoms with E-state index in [1.165, 1.54) is 19.1 Å². The molecule has 0 aliphatic carbocycles. The lowest BCUT2D eigenvalue weighted by Gasteiger charge is -2.25. The van der Waals surface area contributed by atoms with E-state index in [0.29, 0.717) is 35.9 Å². The molecule has 1 unspecified atom stereocenters. The molecule has 2 aromatic rings. The zero-order chi connectivity index (χ0) is 22.7. The minimum absolute atomic E-state index is 0.0687. The Hall–Kier alpha value is -3.28. The Morgan fingerprint density at radius 2 is 1.74 bits per heavy atom. The lowest BCUT2D eigenvalue weighted by Crippen LogP contribution is -2.30. The van der Waals surface area contributed by atoms with Crippen molar-refractivity contribution in [2.75, 3.05) is 20.8 Å². The highest BCUT2D eigenvalue weighted by molar-refractivity contribution is 6.46. The molecule has 1 amide bonds. The lowest BCUT2D eigenvalue weighted by atomic mass is 9.93. The molecule has 6 nitrogen and oxygen atoms in total. The second kappa shape index (κ2) is 9.25. The van der Waals surface area contributed by atoms with Crippen molar-refractivity contribution in [3.63, 3.8) is 0 Å². The zero-order valence-electron chi connectivity index (χ0n) is 18.6. The van der Waals surface area contributed by atoms with Crippen molar-refractivity contribution in [1.82, 2.24) is 4.90 Å². The molecule has 1 heterocycles. The molecule has 1 aliphatic heterocycles. The molecule has 0 radical (unpaired) electrons. The van der Waals surface area contributed by atoms with Crippen LogP contribution >= 0.6 is 0 Å². The molecule has 3 rings (SSSR count). The van der Waals surface area contributed by atoms with Crippen molar-refractivity contribution in [1.29, 1.82) is 0 Å². The van der Waals surface area contributed by atoms with E-state index in [0.717, 1.165) is 11.1 Å². The van der Waals surface area contributed by atoms with Gasteiger partial charge in [-0.15, -0.1) is 0 Å². The fourth-order valence-corrected chi connectivity index (χ4v) is 3.90. The van der Waals surface area contributed by atoms with Crippen LogP contribution in [-0.2, 0) is 9.59 Å². The first-order chi connectivity index (χ1) is 14.8. The quantitative estimate of drug-likeness (QED) is 0.398. The number of likely N-dealkylation sites (tertiary alicyclic amines) is 1. The number of hydrogen-bond donors (Lipinski definition) is 1. The van der Waals surface area contributed by atoms with Gasteiger partial charge >= 0.3 is 0 Å². The fourth-order valence-electron chi connectivity index (χ4n) is 3.90. The summed E-state index contributed by atoms with van der Waals surface area (Å²) in [7, 11) is 3.01. The summed E-state index contributed by atoms with van der Waals surface area (Å²) in [5.41, 5.74) is 2.35. The summed E-state index contributed by atoms with van der Waals surface area (Å²) in [5.74, 6) is -0.280. The molecular weight excluding hydrogens is 394 g/mol. The molecule has 2 aromatic carbocycles. The van der Waals surface area contributed by atoms with Gasteiger partial charge in [0.05, 0.1) is 31.4 Å². The van der Waals surface area contributed by atoms with Crippen molar-refractivity contribution in [2.45, 2.75) is 39.2 Å². The van der Waals surface area contributed by atoms with Crippen LogP contribution in [0.25, 0.3) is 5.76 Å². The standard InChI is InChI=1S/C25H29NO5/c1-6-13-26-22(17-9-7-16(8-10-17)15(2)3)21(24(28)25(26)29)23(27)19-12-11-18(30-4)14-20(19)31-5/h7-12,14-15,22,27H,6,13H2,1-5H3/b23-21-. The Labute approximate surface area is 183 Å². The van der Waals surface area contributed by atoms with E-state index in [9.17, 15) is 14.7 Å². The first-order valence-corrected chi connectivity index (χ1v) is 10.4. The minimum Gasteiger partial charge on any atom is -0.507 e. The van der Waals surface area contributed by atoms with Gasteiger partial charge in [0.2, 0.25) is 0 Å². The van der Waals surface area contributed by atoms with Crippen LogP contribution in [0.4, 0.5) is 0 Å². The molecule has 1 aliphatic rings. The van der Waals surface area contributed by atoms with E-state index in [4.69, 9.17) is 9.47 Å². The van der Waals surface area contributed by atoms with Crippen LogP contribution in [0, 0.1) is 0 Å². The normalized spacial score (nSPS) is 18.0. The van der Waals surface area contributed by atoms with Gasteiger partial charge in [0.15, 0.2) is 0 Å². The number of amides is 1. The molecule has 1 N–H and O–H groups in total. The van der Waals surface area contributed by atoms with E-state index in [1.807, 2.05) is 31.2 Å². The minimum atomic E-state index is -0.693. The Bertz CT molecular complexity index is 1010. The number of ether oxygens (including phenoxy) is 2. The number of Topliss-reactive ketones (excluding diaryl/α,β-unsaturated/α-hetero) is 1. The number of hydrogen-bond acceptors (Lipinski definition) is 5. The third-order valence-electron chi connectivity index (χ3n) is 5.59. The molecule has 0 bridgehead atoms. The highest BCUT2D eigenvalue weighted by Crippen LogP contribution is 2.41. The maximum Gasteiger partial charge on any atom is 0.295 e. The number of rotatable bonds is 7. The summed E-state index contributed by atoms with van der Waals surface area (Å²) in [6.45, 7) is 6.57. The Morgan fingerprint density at radius 1 is 1.06 bits per heavy atom. The molecule has 1 atom stereocenters. The van der Waals surface area contributed by atoms with Crippen molar-refractivity contribution < 1.29 is 24.2 Å². The fraction of sp³-hybridized carbons (Fsp3) is 0.360. The molecule has 1 saturated heterocycles. The highest BCUT2D eigenvalue weighted by Gasteiger charge is 2.45. The largest absolute Gasteiger partial charge is 0.507 e. The summed E-state index contributed by atoms with van der Waals surface area (Å²) in [6, 6.07) is 12.1. The monoisotopic (exact) mass is 423 g/mol. The number of nitrogens with zero attached hydrogens (tertiary/aromatic N) is 1. The van der Waals surface area contributed by atoms with Gasteiger partial charge in [-0.25, -0.2) is 0 Å². The van der Waals surface area contributed by atoms with Gasteiger partial charge in [-0.3, -0.25) is 9.59 Å². The van der Waals surface area contributed by atoms with Crippen LogP contribution in [0.15, 0.2) is 48.0 Å². The van der Waals surface area contributed by atoms with Crippen LogP contribution < -0.4 is 9.47 Å². The Balaban J connectivity index is 2.19. The van der Waals surface area contributed by atoms with Crippen LogP contribution in [0.5, 0.6) is 11.5 Å². The zero-order valence-corrected chi connectivity index (χ0v) is 18.6. The molecule has 164 valence electrons. The number of methoxy groups -OCH3 is 2. The van der Waals surface area contributed by atoms with Crippen molar-refractivity contribution in [2.24, 2.45) is 0 Å². The maximum atomic E-state index is 13.0. The van der Waals surface area contributed by atoms with Gasteiger partial charge < -0.3 is 19.5 Å². The first-order valence-electron chi connectivity index (χ1n) is 10.4. The van der Waals surface area contributed by atoms with Gasteiger partial charge in [0.1, 0.15) is 17.3 Å². The molecule has 0 saturated carbocycles. The van der Waals surface area contributed by atoms with E-state index < -0.39 is 17.7 Å². The topological polar surface area (TPSA) is 76.1 Å². The lowest BCUT2D eigenvalue weighted by molar-refractivity contribution is -0.139. The van der Waals surface area contributed by atoms with Crippen LogP contribution in [-0.4, -0.2) is 42.5 Å². The van der Waals surface area contributed by atoms with E-state index in [-0.39, 0.29) is 11.3 Å². The van der Waals surface area contributed by atoms with Crippen molar-refractivity contribution >= 4 is 17.4 Å². The van der Waals surface area contributed by atoms with E-state index in [1.54, 1.807) is 18.2 Å². The number of carbonyl (C=O) groups excluding carboxylic acids is 2. The molecule has 31 heavy (non-hydrogen) atoms. The number of carbonyl (C=O) groups is 2. The van der Waals surface area contributed by atoms with Gasteiger partial charge in [-0.1, -0.05) is 45.0 Å². The summed E-state index contributed by atoms with van der Waals surface area (Å²) in [4.78, 5) is 27.4. The van der Waals surface area contributed by atoms with Crippen molar-refractivity contribution in [3.05, 3.63) is 64.7 Å². The van der Waals surface area contributed by atoms with Gasteiger partial charge in [-0.2, -0.15) is 0 Å². The molecule has 6 heteroatoms. The van der Waals surface area contributed by atoms with Crippen LogP contribution in [0.2, 0.25) is 0 Å². The van der Waals surface area contributed by atoms with Gasteiger partial charge in [0.25, 0.3) is 11.7 Å². The predicted octanol–water partition coefficient (Wildman–Crippen LogP) is 4.66. The van der Waals surface area contributed by atoms with E-state index in [2.05, 4.69) is 13.8 Å². The third-order valence-corrected chi connectivity index (χ3v) is 5.59. The third kappa shape index (κ3) is 4.15. The molecule has 0 spiro atoms. The first kappa shape index (κ1) is 22.4. The summed E-state index contributed by atoms with van der Waals surface area (Å²) in [5, 5.41) is 11.2. The summed E-state index contributed by atoms with van der Waals surface area (Å²) in [6.07, 6.45) is 0.694. The van der Waals surface area contributed by atoms with E-state index >= 15 is 0 Å².